The summed E-state index contributed by atoms with van der Waals surface area (Å²) in [6.45, 7) is 0.235. The lowest BCUT2D eigenvalue weighted by molar-refractivity contribution is 0.170. The van der Waals surface area contributed by atoms with Crippen molar-refractivity contribution in [2.24, 2.45) is 0 Å². The van der Waals surface area contributed by atoms with E-state index < -0.39 is 7.82 Å². The maximum absolute atomic E-state index is 10.9. The number of thioether (sulfide) groups is 1. The molecule has 7 nitrogen and oxygen atoms in total. The average molecular weight is 296 g/mol. The van der Waals surface area contributed by atoms with Crippen LogP contribution in [0.25, 0.3) is 0 Å². The molecule has 9 heteroatoms. The molecule has 18 heavy (non-hydrogen) atoms. The summed E-state index contributed by atoms with van der Waals surface area (Å²) in [6, 6.07) is 0. The second kappa shape index (κ2) is 8.66. The Morgan fingerprint density at radius 3 is 2.89 bits per heavy atom. The molecular formula is C9H17N2O5PS. The first-order valence-electron chi connectivity index (χ1n) is 5.56. The fourth-order valence-corrected chi connectivity index (χ4v) is 2.38. The van der Waals surface area contributed by atoms with Crippen LogP contribution < -0.4 is 0 Å². The van der Waals surface area contributed by atoms with Crippen molar-refractivity contribution in [2.45, 2.75) is 30.9 Å². The molecule has 0 amide bonds. The molecule has 0 spiro atoms. The van der Waals surface area contributed by atoms with E-state index in [4.69, 9.17) is 13.8 Å². The summed E-state index contributed by atoms with van der Waals surface area (Å²) in [5.41, 5.74) is 0. The highest BCUT2D eigenvalue weighted by molar-refractivity contribution is 7.99. The zero-order valence-electron chi connectivity index (χ0n) is 10.2. The molecule has 1 atom stereocenters. The summed E-state index contributed by atoms with van der Waals surface area (Å²) < 4.78 is 24.9. The number of aromatic nitrogens is 2. The third kappa shape index (κ3) is 7.13. The molecule has 0 aromatic carbocycles. The van der Waals surface area contributed by atoms with E-state index in [1.807, 2.05) is 0 Å². The second-order valence-electron chi connectivity index (χ2n) is 3.45. The monoisotopic (exact) mass is 296 g/mol. The van der Waals surface area contributed by atoms with Crippen LogP contribution in [0, 0.1) is 0 Å². The molecule has 0 saturated heterocycles. The van der Waals surface area contributed by atoms with Gasteiger partial charge in [0.2, 0.25) is 6.39 Å². The predicted octanol–water partition coefficient (Wildman–Crippen LogP) is 2.49. The summed E-state index contributed by atoms with van der Waals surface area (Å²) in [5, 5.41) is 7.91. The van der Waals surface area contributed by atoms with Crippen molar-refractivity contribution in [3.63, 3.8) is 0 Å². The first-order chi connectivity index (χ1) is 8.64. The van der Waals surface area contributed by atoms with E-state index in [1.165, 1.54) is 18.2 Å². The van der Waals surface area contributed by atoms with E-state index in [0.717, 1.165) is 38.5 Å². The van der Waals surface area contributed by atoms with Gasteiger partial charge in [0.05, 0.1) is 6.61 Å². The third-order valence-electron chi connectivity index (χ3n) is 2.09. The number of hydrogen-bond donors (Lipinski definition) is 1. The van der Waals surface area contributed by atoms with Gasteiger partial charge < -0.3 is 9.31 Å². The molecule has 1 heterocycles. The topological polar surface area (TPSA) is 94.7 Å². The normalized spacial score (nSPS) is 14.6. The van der Waals surface area contributed by atoms with E-state index in [1.54, 1.807) is 0 Å². The first-order valence-corrected chi connectivity index (χ1v) is 8.04. The molecule has 0 aliphatic rings. The molecule has 1 aromatic heterocycles. The van der Waals surface area contributed by atoms with Gasteiger partial charge in [-0.3, -0.25) is 9.05 Å². The minimum atomic E-state index is -3.80. The van der Waals surface area contributed by atoms with Gasteiger partial charge in [0.25, 0.3) is 5.22 Å². The summed E-state index contributed by atoms with van der Waals surface area (Å²) in [6.07, 6.45) is 5.03. The van der Waals surface area contributed by atoms with Gasteiger partial charge in [-0.25, -0.2) is 4.57 Å². The lowest BCUT2D eigenvalue weighted by Crippen LogP contribution is -1.94. The smallest absolute Gasteiger partial charge is 0.419 e. The Bertz CT molecular complexity index is 362. The van der Waals surface area contributed by atoms with Gasteiger partial charge in [0.1, 0.15) is 0 Å². The molecule has 0 fully saturated rings. The highest BCUT2D eigenvalue weighted by Crippen LogP contribution is 2.41. The van der Waals surface area contributed by atoms with Crippen molar-refractivity contribution in [3.05, 3.63) is 6.39 Å². The van der Waals surface area contributed by atoms with Gasteiger partial charge in [-0.05, 0) is 12.8 Å². The van der Waals surface area contributed by atoms with Crippen molar-refractivity contribution in [1.29, 1.82) is 0 Å². The maximum atomic E-state index is 10.9. The molecule has 0 aliphatic heterocycles. The quantitative estimate of drug-likeness (QED) is 0.400. The molecule has 104 valence electrons. The van der Waals surface area contributed by atoms with Crippen LogP contribution in [0.5, 0.6) is 0 Å². The minimum Gasteiger partial charge on any atom is -0.419 e. The number of nitrogens with zero attached hydrogens (tertiary/aromatic N) is 2. The SMILES string of the molecule is COP(=O)(O)OCCCCCCSc1nnco1. The Labute approximate surface area is 110 Å². The summed E-state index contributed by atoms with van der Waals surface area (Å²) in [7, 11) is -2.65. The Balaban J connectivity index is 1.89. The highest BCUT2D eigenvalue weighted by Gasteiger charge is 2.17. The second-order valence-corrected chi connectivity index (χ2v) is 6.06. The Morgan fingerprint density at radius 2 is 2.22 bits per heavy atom. The molecule has 0 radical (unpaired) electrons. The summed E-state index contributed by atoms with van der Waals surface area (Å²) in [4.78, 5) is 8.95. The van der Waals surface area contributed by atoms with Gasteiger partial charge in [-0.2, -0.15) is 0 Å². The molecule has 1 N–H and O–H groups in total. The van der Waals surface area contributed by atoms with Crippen LogP contribution in [0.3, 0.4) is 0 Å². The van der Waals surface area contributed by atoms with Crippen LogP contribution in [-0.4, -0.2) is 34.6 Å². The highest BCUT2D eigenvalue weighted by atomic mass is 32.2. The molecule has 1 unspecified atom stereocenters. The molecule has 0 bridgehead atoms. The van der Waals surface area contributed by atoms with Crippen molar-refractivity contribution in [3.8, 4) is 0 Å². The molecule has 1 rings (SSSR count). The van der Waals surface area contributed by atoms with E-state index in [0.29, 0.717) is 5.22 Å². The largest absolute Gasteiger partial charge is 0.471 e. The van der Waals surface area contributed by atoms with Crippen LogP contribution >= 0.6 is 19.6 Å². The Morgan fingerprint density at radius 1 is 1.44 bits per heavy atom. The minimum absolute atomic E-state index is 0.235. The van der Waals surface area contributed by atoms with Crippen LogP contribution in [-0.2, 0) is 13.6 Å². The Kier molecular flexibility index (Phi) is 7.53. The maximum Gasteiger partial charge on any atom is 0.471 e. The number of phosphoric ester groups is 1. The molecule has 1 aromatic rings. The number of hydrogen-bond acceptors (Lipinski definition) is 7. The lowest BCUT2D eigenvalue weighted by Gasteiger charge is -2.08. The van der Waals surface area contributed by atoms with Crippen LogP contribution in [0.15, 0.2) is 16.0 Å². The standard InChI is InChI=1S/C9H17N2O5PS/c1-14-17(12,13)16-6-4-2-3-5-7-18-9-11-10-8-15-9/h8H,2-7H2,1H3,(H,12,13). The number of unbranched alkanes of at least 4 members (excludes halogenated alkanes) is 3. The zero-order chi connectivity index (χ0) is 13.3. The summed E-state index contributed by atoms with van der Waals surface area (Å²) in [5.74, 6) is 0.916. The van der Waals surface area contributed by atoms with Crippen LogP contribution in [0.1, 0.15) is 25.7 Å². The lowest BCUT2D eigenvalue weighted by atomic mass is 10.2. The fourth-order valence-electron chi connectivity index (χ4n) is 1.18. The summed E-state index contributed by atoms with van der Waals surface area (Å²) >= 11 is 1.52. The molecular weight excluding hydrogens is 279 g/mol. The fraction of sp³-hybridized carbons (Fsp3) is 0.778. The van der Waals surface area contributed by atoms with Gasteiger partial charge in [-0.1, -0.05) is 24.6 Å². The van der Waals surface area contributed by atoms with Gasteiger partial charge in [-0.15, -0.1) is 10.2 Å². The van der Waals surface area contributed by atoms with Crippen molar-refractivity contribution in [2.75, 3.05) is 19.5 Å². The number of rotatable bonds is 10. The predicted molar refractivity (Wildman–Crippen MR) is 66.3 cm³/mol. The van der Waals surface area contributed by atoms with Crippen molar-refractivity contribution >= 4 is 19.6 Å². The van der Waals surface area contributed by atoms with Gasteiger partial charge in [0, 0.05) is 12.9 Å². The first kappa shape index (κ1) is 15.7. The average Bonchev–Trinajstić information content (AvgIpc) is 2.85. The van der Waals surface area contributed by atoms with Crippen molar-refractivity contribution < 1.29 is 22.9 Å². The third-order valence-corrected chi connectivity index (χ3v) is 3.98. The zero-order valence-corrected chi connectivity index (χ0v) is 11.9. The van der Waals surface area contributed by atoms with Crippen LogP contribution in [0.4, 0.5) is 0 Å². The van der Waals surface area contributed by atoms with E-state index >= 15 is 0 Å². The van der Waals surface area contributed by atoms with E-state index in [2.05, 4.69) is 14.7 Å². The Hall–Kier alpha value is -0.400. The van der Waals surface area contributed by atoms with E-state index in [-0.39, 0.29) is 6.61 Å². The number of phosphoric acid groups is 1. The van der Waals surface area contributed by atoms with Crippen LogP contribution in [0.2, 0.25) is 0 Å². The van der Waals surface area contributed by atoms with E-state index in [9.17, 15) is 4.57 Å². The van der Waals surface area contributed by atoms with Crippen molar-refractivity contribution in [1.82, 2.24) is 10.2 Å². The van der Waals surface area contributed by atoms with Gasteiger partial charge >= 0.3 is 7.82 Å². The molecule has 0 saturated carbocycles. The van der Waals surface area contributed by atoms with Gasteiger partial charge in [0.15, 0.2) is 0 Å². The molecule has 0 aliphatic carbocycles.